The lowest BCUT2D eigenvalue weighted by Gasteiger charge is -2.25. The number of urea groups is 1. The molecule has 2 aromatic rings. The summed E-state index contributed by atoms with van der Waals surface area (Å²) >= 11 is 0. The van der Waals surface area contributed by atoms with Gasteiger partial charge >= 0.3 is 6.03 Å². The Bertz CT molecular complexity index is 691. The average Bonchev–Trinajstić information content (AvgIpc) is 3.06. The molecule has 0 spiro atoms. The lowest BCUT2D eigenvalue weighted by Crippen LogP contribution is -2.34. The van der Waals surface area contributed by atoms with E-state index in [1.54, 1.807) is 36.7 Å². The molecule has 1 atom stereocenters. The Hall–Kier alpha value is -2.87. The van der Waals surface area contributed by atoms with Gasteiger partial charge in [0.2, 0.25) is 0 Å². The zero-order valence-electron chi connectivity index (χ0n) is 12.1. The van der Waals surface area contributed by atoms with E-state index in [1.807, 2.05) is 17.0 Å². The Morgan fingerprint density at radius 3 is 2.64 bits per heavy atom. The van der Waals surface area contributed by atoms with Crippen molar-refractivity contribution in [2.75, 3.05) is 11.9 Å². The van der Waals surface area contributed by atoms with E-state index in [1.165, 1.54) is 0 Å². The zero-order chi connectivity index (χ0) is 15.4. The van der Waals surface area contributed by atoms with Gasteiger partial charge < -0.3 is 10.2 Å². The minimum atomic E-state index is -0.107. The predicted octanol–water partition coefficient (Wildman–Crippen LogP) is 3.32. The normalized spacial score (nSPS) is 17.0. The van der Waals surface area contributed by atoms with Gasteiger partial charge in [-0.05, 0) is 54.8 Å². The molecule has 1 N–H and O–H groups in total. The van der Waals surface area contributed by atoms with Crippen LogP contribution in [0.3, 0.4) is 0 Å². The van der Waals surface area contributed by atoms with Gasteiger partial charge in [0.05, 0.1) is 17.7 Å². The third-order valence-corrected chi connectivity index (χ3v) is 3.87. The summed E-state index contributed by atoms with van der Waals surface area (Å²) in [5, 5.41) is 11.7. The fourth-order valence-electron chi connectivity index (χ4n) is 2.77. The van der Waals surface area contributed by atoms with Gasteiger partial charge in [-0.2, -0.15) is 5.26 Å². The van der Waals surface area contributed by atoms with Crippen molar-refractivity contribution in [2.45, 2.75) is 18.9 Å². The van der Waals surface area contributed by atoms with E-state index in [0.29, 0.717) is 11.3 Å². The molecule has 110 valence electrons. The summed E-state index contributed by atoms with van der Waals surface area (Å²) in [5.74, 6) is 0. The van der Waals surface area contributed by atoms with E-state index in [4.69, 9.17) is 5.26 Å². The third kappa shape index (κ3) is 2.91. The zero-order valence-corrected chi connectivity index (χ0v) is 12.1. The van der Waals surface area contributed by atoms with Crippen molar-refractivity contribution in [1.82, 2.24) is 9.88 Å². The Morgan fingerprint density at radius 1 is 1.23 bits per heavy atom. The molecular formula is C17H16N4O. The molecular weight excluding hydrogens is 276 g/mol. The first kappa shape index (κ1) is 14.1. The molecule has 5 heteroatoms. The number of hydrogen-bond donors (Lipinski definition) is 1. The molecule has 1 unspecified atom stereocenters. The molecule has 0 radical (unpaired) electrons. The number of hydrogen-bond acceptors (Lipinski definition) is 3. The van der Waals surface area contributed by atoms with Crippen LogP contribution in [0.2, 0.25) is 0 Å². The van der Waals surface area contributed by atoms with E-state index < -0.39 is 0 Å². The topological polar surface area (TPSA) is 69.0 Å². The predicted molar refractivity (Wildman–Crippen MR) is 83.1 cm³/mol. The highest BCUT2D eigenvalue weighted by Gasteiger charge is 2.29. The molecule has 22 heavy (non-hydrogen) atoms. The lowest BCUT2D eigenvalue weighted by atomic mass is 10.1. The number of carbonyl (C=O) groups is 1. The number of benzene rings is 1. The molecule has 1 aromatic carbocycles. The number of aromatic nitrogens is 1. The molecule has 1 saturated heterocycles. The number of carbonyl (C=O) groups excluding carboxylic acids is 1. The van der Waals surface area contributed by atoms with Crippen LogP contribution in [0.15, 0.2) is 48.8 Å². The summed E-state index contributed by atoms with van der Waals surface area (Å²) < 4.78 is 0. The molecule has 1 aliphatic heterocycles. The first-order valence-corrected chi connectivity index (χ1v) is 7.25. The van der Waals surface area contributed by atoms with Gasteiger partial charge in [0.25, 0.3) is 0 Å². The standard InChI is InChI=1S/C17H16N4O/c18-12-13-3-5-15(6-4-13)20-17(22)21-11-1-2-16(21)14-7-9-19-10-8-14/h3-10,16H,1-2,11H2,(H,20,22). The van der Waals surface area contributed by atoms with Crippen LogP contribution >= 0.6 is 0 Å². The molecule has 2 amide bonds. The Labute approximate surface area is 129 Å². The maximum atomic E-state index is 12.5. The highest BCUT2D eigenvalue weighted by atomic mass is 16.2. The Balaban J connectivity index is 1.72. The van der Waals surface area contributed by atoms with Gasteiger partial charge in [-0.25, -0.2) is 4.79 Å². The molecule has 0 aliphatic carbocycles. The van der Waals surface area contributed by atoms with Crippen molar-refractivity contribution in [1.29, 1.82) is 5.26 Å². The first-order chi connectivity index (χ1) is 10.8. The Morgan fingerprint density at radius 2 is 1.95 bits per heavy atom. The molecule has 5 nitrogen and oxygen atoms in total. The summed E-state index contributed by atoms with van der Waals surface area (Å²) in [6, 6.07) is 12.8. The molecule has 3 rings (SSSR count). The lowest BCUT2D eigenvalue weighted by molar-refractivity contribution is 0.207. The number of pyridine rings is 1. The van der Waals surface area contributed by atoms with Gasteiger partial charge in [0.1, 0.15) is 0 Å². The average molecular weight is 292 g/mol. The van der Waals surface area contributed by atoms with E-state index in [9.17, 15) is 4.79 Å². The van der Waals surface area contributed by atoms with Crippen molar-refractivity contribution in [2.24, 2.45) is 0 Å². The smallest absolute Gasteiger partial charge is 0.317 e. The second kappa shape index (κ2) is 6.27. The molecule has 1 aliphatic rings. The number of amides is 2. The molecule has 0 saturated carbocycles. The highest BCUT2D eigenvalue weighted by molar-refractivity contribution is 5.89. The number of rotatable bonds is 2. The van der Waals surface area contributed by atoms with Crippen LogP contribution in [0.1, 0.15) is 30.0 Å². The number of nitrogens with one attached hydrogen (secondary N) is 1. The van der Waals surface area contributed by atoms with E-state index in [-0.39, 0.29) is 12.1 Å². The van der Waals surface area contributed by atoms with Crippen LogP contribution in [0, 0.1) is 11.3 Å². The minimum absolute atomic E-state index is 0.0985. The summed E-state index contributed by atoms with van der Waals surface area (Å²) in [6.07, 6.45) is 5.47. The highest BCUT2D eigenvalue weighted by Crippen LogP contribution is 2.31. The van der Waals surface area contributed by atoms with Crippen LogP contribution in [0.5, 0.6) is 0 Å². The molecule has 1 aromatic heterocycles. The van der Waals surface area contributed by atoms with E-state index >= 15 is 0 Å². The fraction of sp³-hybridized carbons (Fsp3) is 0.235. The van der Waals surface area contributed by atoms with Crippen LogP contribution in [0.4, 0.5) is 10.5 Å². The molecule has 0 bridgehead atoms. The van der Waals surface area contributed by atoms with Gasteiger partial charge in [-0.1, -0.05) is 0 Å². The van der Waals surface area contributed by atoms with Gasteiger partial charge in [-0.15, -0.1) is 0 Å². The van der Waals surface area contributed by atoms with Crippen molar-refractivity contribution < 1.29 is 4.79 Å². The number of nitriles is 1. The van der Waals surface area contributed by atoms with Crippen LogP contribution in [0.25, 0.3) is 0 Å². The van der Waals surface area contributed by atoms with Crippen LogP contribution in [-0.4, -0.2) is 22.5 Å². The fourth-order valence-corrected chi connectivity index (χ4v) is 2.77. The summed E-state index contributed by atoms with van der Waals surface area (Å²) in [4.78, 5) is 18.4. The van der Waals surface area contributed by atoms with Gasteiger partial charge in [-0.3, -0.25) is 4.98 Å². The van der Waals surface area contributed by atoms with Gasteiger partial charge in [0, 0.05) is 24.6 Å². The van der Waals surface area contributed by atoms with E-state index in [2.05, 4.69) is 16.4 Å². The van der Waals surface area contributed by atoms with Crippen molar-refractivity contribution in [3.05, 3.63) is 59.9 Å². The summed E-state index contributed by atoms with van der Waals surface area (Å²) in [5.41, 5.74) is 2.39. The number of likely N-dealkylation sites (tertiary alicyclic amines) is 1. The van der Waals surface area contributed by atoms with Crippen molar-refractivity contribution in [3.63, 3.8) is 0 Å². The summed E-state index contributed by atoms with van der Waals surface area (Å²) in [7, 11) is 0. The van der Waals surface area contributed by atoms with Gasteiger partial charge in [0.15, 0.2) is 0 Å². The Kier molecular flexibility index (Phi) is 4.01. The first-order valence-electron chi connectivity index (χ1n) is 7.25. The SMILES string of the molecule is N#Cc1ccc(NC(=O)N2CCCC2c2ccncc2)cc1. The third-order valence-electron chi connectivity index (χ3n) is 3.87. The van der Waals surface area contributed by atoms with Crippen LogP contribution < -0.4 is 5.32 Å². The number of anilines is 1. The summed E-state index contributed by atoms with van der Waals surface area (Å²) in [6.45, 7) is 0.745. The maximum absolute atomic E-state index is 12.5. The van der Waals surface area contributed by atoms with E-state index in [0.717, 1.165) is 24.9 Å². The monoisotopic (exact) mass is 292 g/mol. The molecule has 2 heterocycles. The maximum Gasteiger partial charge on any atom is 0.322 e. The largest absolute Gasteiger partial charge is 0.322 e. The van der Waals surface area contributed by atoms with Crippen molar-refractivity contribution >= 4 is 11.7 Å². The second-order valence-electron chi connectivity index (χ2n) is 5.25. The minimum Gasteiger partial charge on any atom is -0.317 e. The van der Waals surface area contributed by atoms with Crippen molar-refractivity contribution in [3.8, 4) is 6.07 Å². The molecule has 1 fully saturated rings. The number of nitrogens with zero attached hydrogens (tertiary/aromatic N) is 3. The quantitative estimate of drug-likeness (QED) is 0.923. The second-order valence-corrected chi connectivity index (χ2v) is 5.25. The van der Waals surface area contributed by atoms with Crippen LogP contribution in [-0.2, 0) is 0 Å².